The molecule has 6 N–H and O–H groups in total. The smallest absolute Gasteiger partial charge is 0.360 e. The molecule has 0 aliphatic heterocycles. The van der Waals surface area contributed by atoms with Crippen molar-refractivity contribution >= 4 is 11.8 Å². The molecule has 30 heavy (non-hydrogen) atoms. The number of Topliss-reactive ketones (excluding diaryl/α,β-unsaturated/α-hetero) is 1. The van der Waals surface area contributed by atoms with Gasteiger partial charge in [0.1, 0.15) is 11.9 Å². The highest BCUT2D eigenvalue weighted by Gasteiger charge is 2.30. The minimum atomic E-state index is -2.22. The summed E-state index contributed by atoms with van der Waals surface area (Å²) in [6.07, 6.45) is -4.30. The van der Waals surface area contributed by atoms with E-state index >= 15 is 0 Å². The maximum absolute atomic E-state index is 11.5. The maximum atomic E-state index is 11.5. The largest absolute Gasteiger partial charge is 0.477 e. The van der Waals surface area contributed by atoms with Crippen LogP contribution in [-0.2, 0) is 36.8 Å². The SMILES string of the molecule is CCC(=O)[C@@H](N)Cc1cn(CCOCCO[C@@H](OC(O)C(=O)O)C(O)[C@H](C)O)nn1. The lowest BCUT2D eigenvalue weighted by atomic mass is 10.1. The fourth-order valence-electron chi connectivity index (χ4n) is 2.26. The summed E-state index contributed by atoms with van der Waals surface area (Å²) < 4.78 is 16.7. The van der Waals surface area contributed by atoms with Gasteiger partial charge in [0.15, 0.2) is 6.29 Å². The molecule has 0 spiro atoms. The highest BCUT2D eigenvalue weighted by molar-refractivity contribution is 5.83. The first-order chi connectivity index (χ1) is 14.1. The summed E-state index contributed by atoms with van der Waals surface area (Å²) in [6, 6.07) is -0.611. The van der Waals surface area contributed by atoms with Gasteiger partial charge in [-0.25, -0.2) is 9.48 Å². The van der Waals surface area contributed by atoms with Crippen molar-refractivity contribution in [1.29, 1.82) is 0 Å². The van der Waals surface area contributed by atoms with E-state index < -0.39 is 36.8 Å². The quantitative estimate of drug-likeness (QED) is 0.137. The van der Waals surface area contributed by atoms with Crippen LogP contribution in [0.3, 0.4) is 0 Å². The predicted octanol–water partition coefficient (Wildman–Crippen LogP) is -2.35. The van der Waals surface area contributed by atoms with Crippen molar-refractivity contribution in [3.8, 4) is 0 Å². The molecule has 13 heteroatoms. The molecular formula is C17H30N4O9. The number of hydrogen-bond acceptors (Lipinski definition) is 11. The molecule has 2 unspecified atom stereocenters. The van der Waals surface area contributed by atoms with E-state index in [2.05, 4.69) is 15.0 Å². The number of nitrogens with two attached hydrogens (primary N) is 1. The van der Waals surface area contributed by atoms with Gasteiger partial charge in [0.25, 0.3) is 6.29 Å². The number of ketones is 1. The molecule has 0 aliphatic rings. The van der Waals surface area contributed by atoms with Gasteiger partial charge >= 0.3 is 5.97 Å². The van der Waals surface area contributed by atoms with E-state index in [1.807, 2.05) is 0 Å². The first-order valence-electron chi connectivity index (χ1n) is 9.44. The molecule has 0 saturated heterocycles. The van der Waals surface area contributed by atoms with Crippen molar-refractivity contribution in [2.24, 2.45) is 5.73 Å². The van der Waals surface area contributed by atoms with Crippen LogP contribution in [0.4, 0.5) is 0 Å². The Bertz CT molecular complexity index is 655. The van der Waals surface area contributed by atoms with E-state index in [1.54, 1.807) is 13.1 Å². The molecule has 1 heterocycles. The van der Waals surface area contributed by atoms with Gasteiger partial charge in [-0.2, -0.15) is 0 Å². The second kappa shape index (κ2) is 13.3. The maximum Gasteiger partial charge on any atom is 0.360 e. The van der Waals surface area contributed by atoms with E-state index in [0.717, 1.165) is 0 Å². The highest BCUT2D eigenvalue weighted by atomic mass is 16.7. The Morgan fingerprint density at radius 1 is 1.23 bits per heavy atom. The Hall–Kier alpha value is -2.00. The van der Waals surface area contributed by atoms with Crippen LogP contribution in [0, 0.1) is 0 Å². The average Bonchev–Trinajstić information content (AvgIpc) is 3.14. The van der Waals surface area contributed by atoms with Crippen molar-refractivity contribution in [3.05, 3.63) is 11.9 Å². The van der Waals surface area contributed by atoms with Gasteiger partial charge in [-0.3, -0.25) is 4.79 Å². The topological polar surface area (TPSA) is 199 Å². The van der Waals surface area contributed by atoms with Crippen LogP contribution >= 0.6 is 0 Å². The summed E-state index contributed by atoms with van der Waals surface area (Å²) in [5, 5.41) is 44.9. The molecule has 1 aromatic heterocycles. The summed E-state index contributed by atoms with van der Waals surface area (Å²) in [5.74, 6) is -1.71. The molecule has 0 saturated carbocycles. The second-order valence-electron chi connectivity index (χ2n) is 6.51. The Labute approximate surface area is 173 Å². The molecule has 0 aromatic carbocycles. The number of aliphatic hydroxyl groups is 3. The normalized spacial score (nSPS) is 16.6. The average molecular weight is 434 g/mol. The Morgan fingerprint density at radius 2 is 1.93 bits per heavy atom. The zero-order valence-corrected chi connectivity index (χ0v) is 17.0. The molecule has 0 radical (unpaired) electrons. The molecular weight excluding hydrogens is 404 g/mol. The van der Waals surface area contributed by atoms with Crippen molar-refractivity contribution in [2.75, 3.05) is 19.8 Å². The number of aliphatic hydroxyl groups excluding tert-OH is 3. The second-order valence-corrected chi connectivity index (χ2v) is 6.51. The lowest BCUT2D eigenvalue weighted by molar-refractivity contribution is -0.272. The van der Waals surface area contributed by atoms with E-state index in [-0.39, 0.29) is 25.6 Å². The van der Waals surface area contributed by atoms with Gasteiger partial charge < -0.3 is 40.4 Å². The van der Waals surface area contributed by atoms with Gasteiger partial charge in [-0.05, 0) is 6.92 Å². The number of carboxylic acids is 1. The summed E-state index contributed by atoms with van der Waals surface area (Å²) in [4.78, 5) is 22.2. The van der Waals surface area contributed by atoms with Crippen LogP contribution in [0.25, 0.3) is 0 Å². The first-order valence-corrected chi connectivity index (χ1v) is 9.44. The number of aliphatic carboxylic acids is 1. The van der Waals surface area contributed by atoms with Crippen LogP contribution in [0.2, 0.25) is 0 Å². The van der Waals surface area contributed by atoms with Crippen LogP contribution < -0.4 is 5.73 Å². The molecule has 1 rings (SSSR count). The fourth-order valence-corrected chi connectivity index (χ4v) is 2.26. The summed E-state index contributed by atoms with van der Waals surface area (Å²) in [7, 11) is 0. The van der Waals surface area contributed by atoms with E-state index in [1.165, 1.54) is 11.6 Å². The number of rotatable bonds is 16. The van der Waals surface area contributed by atoms with Crippen molar-refractivity contribution in [1.82, 2.24) is 15.0 Å². The summed E-state index contributed by atoms with van der Waals surface area (Å²) in [6.45, 7) is 3.58. The number of ether oxygens (including phenoxy) is 3. The van der Waals surface area contributed by atoms with E-state index in [4.69, 9.17) is 20.3 Å². The Balaban J connectivity index is 2.33. The number of carboxylic acid groups (broad SMARTS) is 1. The van der Waals surface area contributed by atoms with Gasteiger partial charge in [-0.15, -0.1) is 5.10 Å². The first kappa shape index (κ1) is 26.0. The molecule has 5 atom stereocenters. The molecule has 1 aromatic rings. The van der Waals surface area contributed by atoms with Gasteiger partial charge in [0, 0.05) is 19.0 Å². The molecule has 0 aliphatic carbocycles. The minimum Gasteiger partial charge on any atom is -0.477 e. The number of hydrogen-bond donors (Lipinski definition) is 5. The minimum absolute atomic E-state index is 0.0493. The number of carbonyl (C=O) groups is 2. The van der Waals surface area contributed by atoms with E-state index in [0.29, 0.717) is 25.1 Å². The van der Waals surface area contributed by atoms with Crippen LogP contribution in [0.1, 0.15) is 26.0 Å². The molecule has 0 amide bonds. The van der Waals surface area contributed by atoms with Crippen LogP contribution in [-0.4, -0.2) is 97.8 Å². The molecule has 0 bridgehead atoms. The number of nitrogens with zero attached hydrogens (tertiary/aromatic N) is 3. The van der Waals surface area contributed by atoms with Crippen molar-refractivity contribution in [2.45, 2.75) is 64.1 Å². The predicted molar refractivity (Wildman–Crippen MR) is 100.0 cm³/mol. The van der Waals surface area contributed by atoms with Gasteiger partial charge in [-0.1, -0.05) is 12.1 Å². The molecule has 13 nitrogen and oxygen atoms in total. The van der Waals surface area contributed by atoms with Gasteiger partial charge in [0.05, 0.1) is 44.2 Å². The third-order valence-electron chi connectivity index (χ3n) is 4.00. The number of aromatic nitrogens is 3. The van der Waals surface area contributed by atoms with Gasteiger partial charge in [0.2, 0.25) is 0 Å². The third kappa shape index (κ3) is 9.21. The zero-order chi connectivity index (χ0) is 22.7. The molecule has 172 valence electrons. The lowest BCUT2D eigenvalue weighted by Crippen LogP contribution is -2.43. The monoisotopic (exact) mass is 434 g/mol. The molecule has 0 fully saturated rings. The van der Waals surface area contributed by atoms with Crippen molar-refractivity contribution in [3.63, 3.8) is 0 Å². The third-order valence-corrected chi connectivity index (χ3v) is 4.00. The summed E-state index contributed by atoms with van der Waals surface area (Å²) >= 11 is 0. The van der Waals surface area contributed by atoms with E-state index in [9.17, 15) is 24.9 Å². The van der Waals surface area contributed by atoms with Crippen molar-refractivity contribution < 1.29 is 44.2 Å². The van der Waals surface area contributed by atoms with Crippen LogP contribution in [0.5, 0.6) is 0 Å². The standard InChI is InChI=1S/C17H30N4O9/c1-3-13(23)12(18)8-11-9-21(20-19-11)4-5-28-6-7-29-17(14(24)10(2)22)30-16(27)15(25)26/h9-10,12,14,16-17,22,24,27H,3-8,18H2,1-2H3,(H,25,26)/t10-,12-,14?,16?,17-/m0/s1. The Morgan fingerprint density at radius 3 is 2.53 bits per heavy atom. The Kier molecular flexibility index (Phi) is 11.6. The lowest BCUT2D eigenvalue weighted by Gasteiger charge is -2.26. The fraction of sp³-hybridized carbons (Fsp3) is 0.765. The summed E-state index contributed by atoms with van der Waals surface area (Å²) in [5.41, 5.74) is 6.37. The highest BCUT2D eigenvalue weighted by Crippen LogP contribution is 2.09. The number of carbonyl (C=O) groups excluding carboxylic acids is 1. The zero-order valence-electron chi connectivity index (χ0n) is 17.0. The van der Waals surface area contributed by atoms with Crippen LogP contribution in [0.15, 0.2) is 6.20 Å².